The molecule has 2 rings (SSSR count). The molecule has 1 aromatic carbocycles. The lowest BCUT2D eigenvalue weighted by Gasteiger charge is -2.19. The van der Waals surface area contributed by atoms with E-state index in [0.717, 1.165) is 6.07 Å². The minimum atomic E-state index is -0.780. The molecule has 0 amide bonds. The molecule has 2 nitrogen and oxygen atoms in total. The van der Waals surface area contributed by atoms with Gasteiger partial charge < -0.3 is 4.74 Å². The van der Waals surface area contributed by atoms with Crippen LogP contribution in [0.15, 0.2) is 23.2 Å². The van der Waals surface area contributed by atoms with Crippen molar-refractivity contribution in [2.24, 2.45) is 4.99 Å². The third kappa shape index (κ3) is 1.36. The molecule has 1 unspecified atom stereocenters. The lowest BCUT2D eigenvalue weighted by Crippen LogP contribution is -2.22. The zero-order chi connectivity index (χ0) is 10.2. The van der Waals surface area contributed by atoms with Gasteiger partial charge >= 0.3 is 0 Å². The Morgan fingerprint density at radius 3 is 2.86 bits per heavy atom. The fourth-order valence-electron chi connectivity index (χ4n) is 1.40. The summed E-state index contributed by atoms with van der Waals surface area (Å²) in [5.41, 5.74) is -0.457. The lowest BCUT2D eigenvalue weighted by molar-refractivity contribution is 0.272. The van der Waals surface area contributed by atoms with E-state index >= 15 is 0 Å². The number of halogens is 2. The fourth-order valence-corrected chi connectivity index (χ4v) is 1.40. The van der Waals surface area contributed by atoms with Crippen molar-refractivity contribution in [2.45, 2.75) is 12.5 Å². The minimum absolute atomic E-state index is 0.232. The zero-order valence-corrected chi connectivity index (χ0v) is 7.55. The van der Waals surface area contributed by atoms with Gasteiger partial charge in [0.05, 0.1) is 0 Å². The molecule has 0 N–H and O–H groups in total. The average Bonchev–Trinajstić information content (AvgIpc) is 2.52. The van der Waals surface area contributed by atoms with Crippen molar-refractivity contribution < 1.29 is 13.5 Å². The summed E-state index contributed by atoms with van der Waals surface area (Å²) < 4.78 is 30.8. The molecule has 0 aliphatic carbocycles. The maximum Gasteiger partial charge on any atom is 0.274 e. The first-order chi connectivity index (χ1) is 6.62. The third-order valence-corrected chi connectivity index (χ3v) is 2.22. The molecule has 73 valence electrons. The van der Waals surface area contributed by atoms with Gasteiger partial charge in [0, 0.05) is 11.6 Å². The number of aliphatic imine (C=N–C) groups is 1. The van der Waals surface area contributed by atoms with Gasteiger partial charge in [0.2, 0.25) is 0 Å². The van der Waals surface area contributed by atoms with Gasteiger partial charge in [0.25, 0.3) is 6.40 Å². The van der Waals surface area contributed by atoms with Crippen molar-refractivity contribution in [2.75, 3.05) is 6.61 Å². The summed E-state index contributed by atoms with van der Waals surface area (Å²) in [5.74, 6) is -1.20. The third-order valence-electron chi connectivity index (χ3n) is 2.22. The molecule has 1 aliphatic heterocycles. The number of rotatable bonds is 1. The lowest BCUT2D eigenvalue weighted by atomic mass is 9.93. The van der Waals surface area contributed by atoms with Gasteiger partial charge in [-0.05, 0) is 13.0 Å². The molecule has 0 aromatic heterocycles. The smallest absolute Gasteiger partial charge is 0.274 e. The Kier molecular flexibility index (Phi) is 1.98. The topological polar surface area (TPSA) is 21.6 Å². The first kappa shape index (κ1) is 9.12. The van der Waals surface area contributed by atoms with Gasteiger partial charge in [-0.1, -0.05) is 6.07 Å². The molecular formula is C10H8F2NO. The van der Waals surface area contributed by atoms with E-state index in [1.54, 1.807) is 6.92 Å². The van der Waals surface area contributed by atoms with E-state index in [-0.39, 0.29) is 6.61 Å². The number of hydrogen-bond donors (Lipinski definition) is 0. The molecule has 0 saturated heterocycles. The summed E-state index contributed by atoms with van der Waals surface area (Å²) in [4.78, 5) is 3.89. The Morgan fingerprint density at radius 1 is 1.50 bits per heavy atom. The van der Waals surface area contributed by atoms with Gasteiger partial charge in [-0.3, -0.25) is 0 Å². The predicted molar refractivity (Wildman–Crippen MR) is 47.1 cm³/mol. The molecule has 14 heavy (non-hydrogen) atoms. The maximum atomic E-state index is 13.4. The summed E-state index contributed by atoms with van der Waals surface area (Å²) in [6.45, 7) is 1.94. The van der Waals surface area contributed by atoms with E-state index in [2.05, 4.69) is 11.4 Å². The van der Waals surface area contributed by atoms with Gasteiger partial charge in [0.15, 0.2) is 0 Å². The summed E-state index contributed by atoms with van der Waals surface area (Å²) in [5, 5.41) is 0. The molecule has 0 saturated carbocycles. The van der Waals surface area contributed by atoms with E-state index in [0.29, 0.717) is 5.56 Å². The normalized spacial score (nSPS) is 25.1. The summed E-state index contributed by atoms with van der Waals surface area (Å²) in [7, 11) is 0. The van der Waals surface area contributed by atoms with Crippen LogP contribution in [0.25, 0.3) is 0 Å². The SMILES string of the molecule is CC1(c2ccc(F)cc2F)CO[C]=N1. The molecule has 1 aromatic rings. The van der Waals surface area contributed by atoms with Crippen LogP contribution >= 0.6 is 0 Å². The molecule has 1 atom stereocenters. The van der Waals surface area contributed by atoms with Gasteiger partial charge in [-0.15, -0.1) is 0 Å². The second-order valence-electron chi connectivity index (χ2n) is 3.39. The Bertz CT molecular complexity index is 392. The monoisotopic (exact) mass is 196 g/mol. The molecule has 1 radical (unpaired) electrons. The van der Waals surface area contributed by atoms with E-state index in [4.69, 9.17) is 4.74 Å². The van der Waals surface area contributed by atoms with E-state index < -0.39 is 17.2 Å². The Hall–Kier alpha value is -1.45. The van der Waals surface area contributed by atoms with Crippen molar-refractivity contribution in [3.63, 3.8) is 0 Å². The van der Waals surface area contributed by atoms with Crippen LogP contribution in [-0.2, 0) is 10.3 Å². The van der Waals surface area contributed by atoms with E-state index in [1.165, 1.54) is 12.1 Å². The summed E-state index contributed by atoms with van der Waals surface area (Å²) in [6.07, 6.45) is 2.32. The van der Waals surface area contributed by atoms with Crippen LogP contribution in [0.4, 0.5) is 8.78 Å². The van der Waals surface area contributed by atoms with Crippen LogP contribution < -0.4 is 0 Å². The van der Waals surface area contributed by atoms with Crippen LogP contribution in [0.1, 0.15) is 12.5 Å². The highest BCUT2D eigenvalue weighted by molar-refractivity contribution is 5.52. The van der Waals surface area contributed by atoms with Crippen LogP contribution in [0.2, 0.25) is 0 Å². The van der Waals surface area contributed by atoms with Crippen LogP contribution in [0.5, 0.6) is 0 Å². The second kappa shape index (κ2) is 3.04. The molecule has 4 heteroatoms. The van der Waals surface area contributed by atoms with E-state index in [9.17, 15) is 8.78 Å². The molecule has 0 fully saturated rings. The molecule has 0 bridgehead atoms. The quantitative estimate of drug-likeness (QED) is 0.674. The van der Waals surface area contributed by atoms with Crippen molar-refractivity contribution in [3.8, 4) is 0 Å². The molecular weight excluding hydrogens is 188 g/mol. The Labute approximate surface area is 80.2 Å². The van der Waals surface area contributed by atoms with Crippen LogP contribution in [0.3, 0.4) is 0 Å². The second-order valence-corrected chi connectivity index (χ2v) is 3.39. The predicted octanol–water partition coefficient (Wildman–Crippen LogP) is 2.12. The summed E-state index contributed by atoms with van der Waals surface area (Å²) >= 11 is 0. The fraction of sp³-hybridized carbons (Fsp3) is 0.300. The number of benzene rings is 1. The Morgan fingerprint density at radius 2 is 2.29 bits per heavy atom. The van der Waals surface area contributed by atoms with Crippen molar-refractivity contribution in [1.82, 2.24) is 0 Å². The first-order valence-electron chi connectivity index (χ1n) is 4.16. The van der Waals surface area contributed by atoms with Gasteiger partial charge in [-0.25, -0.2) is 13.8 Å². The van der Waals surface area contributed by atoms with Crippen LogP contribution in [0, 0.1) is 11.6 Å². The van der Waals surface area contributed by atoms with Crippen LogP contribution in [-0.4, -0.2) is 13.0 Å². The molecule has 0 spiro atoms. The molecule has 1 aliphatic rings. The number of nitrogens with zero attached hydrogens (tertiary/aromatic N) is 1. The average molecular weight is 196 g/mol. The highest BCUT2D eigenvalue weighted by atomic mass is 19.1. The summed E-state index contributed by atoms with van der Waals surface area (Å²) in [6, 6.07) is 3.43. The number of ether oxygens (including phenoxy) is 1. The largest absolute Gasteiger partial charge is 0.471 e. The highest BCUT2D eigenvalue weighted by Gasteiger charge is 2.33. The maximum absolute atomic E-state index is 13.4. The van der Waals surface area contributed by atoms with Gasteiger partial charge in [-0.2, -0.15) is 0 Å². The standard InChI is InChI=1S/C10H8F2NO/c1-10(5-14-6-13-10)8-3-2-7(11)4-9(8)12/h2-4H,5H2,1H3. The molecule has 1 heterocycles. The van der Waals surface area contributed by atoms with E-state index in [1.807, 2.05) is 0 Å². The minimum Gasteiger partial charge on any atom is -0.471 e. The Balaban J connectivity index is 2.46. The van der Waals surface area contributed by atoms with Crippen molar-refractivity contribution in [1.29, 1.82) is 0 Å². The highest BCUT2D eigenvalue weighted by Crippen LogP contribution is 2.30. The van der Waals surface area contributed by atoms with Gasteiger partial charge in [0.1, 0.15) is 23.8 Å². The van der Waals surface area contributed by atoms with Crippen molar-refractivity contribution >= 4 is 6.40 Å². The zero-order valence-electron chi connectivity index (χ0n) is 7.55. The number of hydrogen-bond acceptors (Lipinski definition) is 2. The first-order valence-corrected chi connectivity index (χ1v) is 4.16. The van der Waals surface area contributed by atoms with Crippen molar-refractivity contribution in [3.05, 3.63) is 35.4 Å².